The van der Waals surface area contributed by atoms with Crippen molar-refractivity contribution < 1.29 is 24.9 Å². The molecule has 164 valence electrons. The number of fused-ring (bicyclic) bond motifs is 3. The maximum absolute atomic E-state index is 10.9. The van der Waals surface area contributed by atoms with Crippen LogP contribution in [0.1, 0.15) is 13.3 Å². The first-order valence-electron chi connectivity index (χ1n) is 9.84. The second kappa shape index (κ2) is 8.42. The zero-order valence-corrected chi connectivity index (χ0v) is 17.1. The van der Waals surface area contributed by atoms with E-state index in [9.17, 15) is 15.0 Å². The zero-order chi connectivity index (χ0) is 22.8. The molecule has 4 aromatic rings. The number of nitrogen functional groups attached to an aromatic ring is 1. The van der Waals surface area contributed by atoms with Gasteiger partial charge in [0.1, 0.15) is 18.2 Å². The fourth-order valence-corrected chi connectivity index (χ4v) is 3.37. The summed E-state index contributed by atoms with van der Waals surface area (Å²) in [5.74, 6) is 0.183. The number of aromatic hydroxyl groups is 2. The lowest BCUT2D eigenvalue weighted by Gasteiger charge is -2.16. The number of pyridine rings is 3. The number of carbonyl (C=O) groups is 1. The summed E-state index contributed by atoms with van der Waals surface area (Å²) in [6.07, 6.45) is 4.18. The lowest BCUT2D eigenvalue weighted by molar-refractivity contribution is 0.180. The van der Waals surface area contributed by atoms with Crippen LogP contribution >= 0.6 is 0 Å². The van der Waals surface area contributed by atoms with Gasteiger partial charge in [0.05, 0.1) is 23.4 Å². The standard InChI is InChI=1S/C22H21N5O5/c1-2-12(26-22(30)31)10-32-13-3-11(7-24-8-13)17-4-14-15-5-19(28)20(29)6-18(15)25-9-16(14)21(23)27-17/h3-9,12,26,28-29H,2,10H2,1H3,(H2,23,27)(H,30,31)/t12-/m1/s1. The number of rotatable bonds is 6. The maximum atomic E-state index is 10.9. The summed E-state index contributed by atoms with van der Waals surface area (Å²) in [6.45, 7) is 2.01. The number of nitrogens with zero attached hydrogens (tertiary/aromatic N) is 3. The first-order valence-corrected chi connectivity index (χ1v) is 9.84. The molecule has 0 bridgehead atoms. The molecule has 0 spiro atoms. The maximum Gasteiger partial charge on any atom is 0.404 e. The van der Waals surface area contributed by atoms with Crippen molar-refractivity contribution >= 4 is 33.6 Å². The molecule has 6 N–H and O–H groups in total. The Labute approximate surface area is 182 Å². The van der Waals surface area contributed by atoms with Crippen LogP contribution in [0.2, 0.25) is 0 Å². The molecule has 0 saturated carbocycles. The second-order valence-electron chi connectivity index (χ2n) is 7.25. The zero-order valence-electron chi connectivity index (χ0n) is 17.1. The van der Waals surface area contributed by atoms with Gasteiger partial charge in [0.15, 0.2) is 11.5 Å². The van der Waals surface area contributed by atoms with Crippen LogP contribution in [0.5, 0.6) is 17.2 Å². The largest absolute Gasteiger partial charge is 0.504 e. The van der Waals surface area contributed by atoms with Crippen LogP contribution in [0, 0.1) is 0 Å². The van der Waals surface area contributed by atoms with Crippen LogP contribution in [0.3, 0.4) is 0 Å². The summed E-state index contributed by atoms with van der Waals surface area (Å²) in [4.78, 5) is 23.8. The van der Waals surface area contributed by atoms with Crippen LogP contribution in [0.4, 0.5) is 10.6 Å². The number of hydrogen-bond donors (Lipinski definition) is 5. The fraction of sp³-hybridized carbons (Fsp3) is 0.182. The Morgan fingerprint density at radius 1 is 1.09 bits per heavy atom. The predicted molar refractivity (Wildman–Crippen MR) is 119 cm³/mol. The number of phenolic OH excluding ortho intramolecular Hbond substituents is 2. The monoisotopic (exact) mass is 435 g/mol. The molecular formula is C22H21N5O5. The molecule has 0 unspecified atom stereocenters. The van der Waals surface area contributed by atoms with Crippen LogP contribution < -0.4 is 15.8 Å². The second-order valence-corrected chi connectivity index (χ2v) is 7.25. The lowest BCUT2D eigenvalue weighted by Crippen LogP contribution is -2.37. The van der Waals surface area contributed by atoms with Crippen molar-refractivity contribution in [3.8, 4) is 28.5 Å². The van der Waals surface area contributed by atoms with Crippen molar-refractivity contribution in [3.05, 3.63) is 42.9 Å². The minimum absolute atomic E-state index is 0.153. The first-order chi connectivity index (χ1) is 15.4. The van der Waals surface area contributed by atoms with E-state index in [4.69, 9.17) is 15.6 Å². The average molecular weight is 435 g/mol. The number of anilines is 1. The third kappa shape index (κ3) is 4.10. The Hall–Kier alpha value is -4.34. The van der Waals surface area contributed by atoms with E-state index in [2.05, 4.69) is 20.3 Å². The average Bonchev–Trinajstić information content (AvgIpc) is 2.77. The molecule has 0 aliphatic carbocycles. The highest BCUT2D eigenvalue weighted by Crippen LogP contribution is 2.36. The van der Waals surface area contributed by atoms with E-state index in [-0.39, 0.29) is 30.0 Å². The molecule has 0 saturated heterocycles. The number of carboxylic acid groups (broad SMARTS) is 1. The van der Waals surface area contributed by atoms with Crippen LogP contribution in [0.15, 0.2) is 42.9 Å². The first kappa shape index (κ1) is 20.9. The van der Waals surface area contributed by atoms with Gasteiger partial charge in [0.25, 0.3) is 0 Å². The molecule has 10 heteroatoms. The van der Waals surface area contributed by atoms with Crippen LogP contribution in [-0.2, 0) is 0 Å². The van der Waals surface area contributed by atoms with Crippen molar-refractivity contribution in [3.63, 3.8) is 0 Å². The smallest absolute Gasteiger partial charge is 0.404 e. The van der Waals surface area contributed by atoms with E-state index >= 15 is 0 Å². The van der Waals surface area contributed by atoms with Crippen LogP contribution in [-0.4, -0.2) is 49.0 Å². The Kier molecular flexibility index (Phi) is 5.50. The molecule has 1 aromatic carbocycles. The minimum Gasteiger partial charge on any atom is -0.504 e. The molecule has 0 radical (unpaired) electrons. The van der Waals surface area contributed by atoms with Crippen molar-refractivity contribution in [2.45, 2.75) is 19.4 Å². The highest BCUT2D eigenvalue weighted by atomic mass is 16.5. The number of ether oxygens (including phenoxy) is 1. The van der Waals surface area contributed by atoms with Crippen molar-refractivity contribution in [2.75, 3.05) is 12.3 Å². The van der Waals surface area contributed by atoms with Gasteiger partial charge in [-0.05, 0) is 30.0 Å². The molecule has 1 amide bonds. The molecule has 0 aliphatic rings. The van der Waals surface area contributed by atoms with Gasteiger partial charge >= 0.3 is 6.09 Å². The Morgan fingerprint density at radius 3 is 2.62 bits per heavy atom. The van der Waals surface area contributed by atoms with Gasteiger partial charge in [0, 0.05) is 34.8 Å². The van der Waals surface area contributed by atoms with E-state index in [0.717, 1.165) is 0 Å². The number of amides is 1. The van der Waals surface area contributed by atoms with E-state index in [1.807, 2.05) is 6.92 Å². The minimum atomic E-state index is -1.11. The summed E-state index contributed by atoms with van der Waals surface area (Å²) in [5.41, 5.74) is 7.85. The molecule has 0 aliphatic heterocycles. The number of nitrogens with two attached hydrogens (primary N) is 1. The van der Waals surface area contributed by atoms with Gasteiger partial charge < -0.3 is 31.1 Å². The molecule has 3 heterocycles. The highest BCUT2D eigenvalue weighted by molar-refractivity contribution is 6.10. The number of phenols is 2. The molecule has 32 heavy (non-hydrogen) atoms. The van der Waals surface area contributed by atoms with E-state index in [0.29, 0.717) is 45.1 Å². The quantitative estimate of drug-likeness (QED) is 0.226. The Bertz CT molecular complexity index is 1330. The van der Waals surface area contributed by atoms with Gasteiger partial charge in [-0.3, -0.25) is 9.97 Å². The number of benzene rings is 1. The molecule has 3 aromatic heterocycles. The molecule has 1 atom stereocenters. The fourth-order valence-electron chi connectivity index (χ4n) is 3.37. The topological polar surface area (TPSA) is 164 Å². The molecule has 10 nitrogen and oxygen atoms in total. The van der Waals surface area contributed by atoms with Crippen LogP contribution in [0.25, 0.3) is 32.9 Å². The van der Waals surface area contributed by atoms with E-state index in [1.165, 1.54) is 18.3 Å². The highest BCUT2D eigenvalue weighted by Gasteiger charge is 2.14. The number of aromatic nitrogens is 3. The van der Waals surface area contributed by atoms with Gasteiger partial charge in [-0.15, -0.1) is 0 Å². The van der Waals surface area contributed by atoms with Gasteiger partial charge in [-0.2, -0.15) is 0 Å². The van der Waals surface area contributed by atoms with Crippen molar-refractivity contribution in [2.24, 2.45) is 0 Å². The third-order valence-electron chi connectivity index (χ3n) is 5.08. The molecule has 4 rings (SSSR count). The molecule has 0 fully saturated rings. The van der Waals surface area contributed by atoms with E-state index < -0.39 is 6.09 Å². The molecular weight excluding hydrogens is 414 g/mol. The number of nitrogens with one attached hydrogen (secondary N) is 1. The number of hydrogen-bond acceptors (Lipinski definition) is 8. The summed E-state index contributed by atoms with van der Waals surface area (Å²) in [7, 11) is 0. The third-order valence-corrected chi connectivity index (χ3v) is 5.08. The van der Waals surface area contributed by atoms with Gasteiger partial charge in [-0.1, -0.05) is 6.92 Å². The van der Waals surface area contributed by atoms with Crippen molar-refractivity contribution in [1.29, 1.82) is 0 Å². The normalized spacial score (nSPS) is 12.0. The lowest BCUT2D eigenvalue weighted by atomic mass is 10.0. The Morgan fingerprint density at radius 2 is 1.88 bits per heavy atom. The van der Waals surface area contributed by atoms with Gasteiger partial charge in [0.2, 0.25) is 0 Å². The summed E-state index contributed by atoms with van der Waals surface area (Å²) < 4.78 is 5.72. The van der Waals surface area contributed by atoms with E-state index in [1.54, 1.807) is 24.5 Å². The predicted octanol–water partition coefficient (Wildman–Crippen LogP) is 3.26. The Balaban J connectivity index is 1.72. The summed E-state index contributed by atoms with van der Waals surface area (Å²) >= 11 is 0. The van der Waals surface area contributed by atoms with Crippen molar-refractivity contribution in [1.82, 2.24) is 20.3 Å². The summed E-state index contributed by atoms with van der Waals surface area (Å²) in [6, 6.07) is 6.00. The van der Waals surface area contributed by atoms with Gasteiger partial charge in [-0.25, -0.2) is 9.78 Å². The SMILES string of the molecule is CC[C@H](COc1cncc(-c2cc3c(cnc4cc(O)c(O)cc43)c(N)n2)c1)NC(=O)O. The summed E-state index contributed by atoms with van der Waals surface area (Å²) in [5, 5.41) is 32.9.